The van der Waals surface area contributed by atoms with Crippen LogP contribution >= 0.6 is 0 Å². The molecule has 1 unspecified atom stereocenters. The van der Waals surface area contributed by atoms with E-state index in [1.165, 1.54) is 11.6 Å². The third-order valence-corrected chi connectivity index (χ3v) is 2.29. The van der Waals surface area contributed by atoms with Gasteiger partial charge in [0, 0.05) is 12.5 Å². The standard InChI is InChI=1S/C8H9N3O2S/c1-14(12,13)5-8-10-6-2-3-9-4-7(6)11-8/h2-5H,1H3,(H,10,11)(H,12,13). The Labute approximate surface area is 81.0 Å². The van der Waals surface area contributed by atoms with Crippen LogP contribution in [0.5, 0.6) is 0 Å². The first-order valence-corrected chi connectivity index (χ1v) is 5.89. The summed E-state index contributed by atoms with van der Waals surface area (Å²) in [6, 6.07) is 1.73. The molecule has 2 N–H and O–H groups in total. The second-order valence-electron chi connectivity index (χ2n) is 2.99. The number of aromatic amines is 1. The highest BCUT2D eigenvalue weighted by molar-refractivity contribution is 7.95. The van der Waals surface area contributed by atoms with Crippen LogP contribution in [0.4, 0.5) is 0 Å². The second-order valence-corrected chi connectivity index (χ2v) is 4.95. The fourth-order valence-corrected chi connectivity index (χ4v) is 1.67. The zero-order valence-electron chi connectivity index (χ0n) is 7.47. The van der Waals surface area contributed by atoms with Crippen molar-refractivity contribution < 1.29 is 8.76 Å². The number of pyridine rings is 1. The van der Waals surface area contributed by atoms with E-state index in [9.17, 15) is 4.21 Å². The first kappa shape index (κ1) is 9.17. The van der Waals surface area contributed by atoms with Gasteiger partial charge in [-0.25, -0.2) is 9.19 Å². The van der Waals surface area contributed by atoms with Crippen LogP contribution in [-0.2, 0) is 9.80 Å². The molecule has 6 heteroatoms. The predicted molar refractivity (Wildman–Crippen MR) is 55.7 cm³/mol. The summed E-state index contributed by atoms with van der Waals surface area (Å²) in [6.45, 7) is 0. The van der Waals surface area contributed by atoms with Crippen LogP contribution < -0.4 is 0 Å². The number of hydrogen-bond donors (Lipinski definition) is 2. The van der Waals surface area contributed by atoms with Gasteiger partial charge in [-0.2, -0.15) is 0 Å². The summed E-state index contributed by atoms with van der Waals surface area (Å²) >= 11 is 0. The summed E-state index contributed by atoms with van der Waals surface area (Å²) in [5, 5.41) is 1.20. The van der Waals surface area contributed by atoms with Crippen molar-refractivity contribution in [2.45, 2.75) is 0 Å². The van der Waals surface area contributed by atoms with E-state index < -0.39 is 9.80 Å². The molecule has 2 rings (SSSR count). The lowest BCUT2D eigenvalue weighted by atomic mass is 10.4. The Morgan fingerprint density at radius 3 is 3.07 bits per heavy atom. The minimum absolute atomic E-state index is 0.392. The Hall–Kier alpha value is -1.40. The molecule has 0 aliphatic heterocycles. The van der Waals surface area contributed by atoms with E-state index in [2.05, 4.69) is 15.0 Å². The summed E-state index contributed by atoms with van der Waals surface area (Å²) in [5.74, 6) is 0.392. The van der Waals surface area contributed by atoms with E-state index >= 15 is 0 Å². The van der Waals surface area contributed by atoms with Gasteiger partial charge in [0.05, 0.1) is 32.4 Å². The third kappa shape index (κ3) is 1.91. The number of rotatable bonds is 1. The lowest BCUT2D eigenvalue weighted by Gasteiger charge is -1.89. The average molecular weight is 211 g/mol. The zero-order chi connectivity index (χ0) is 10.2. The van der Waals surface area contributed by atoms with E-state index in [-0.39, 0.29) is 0 Å². The second kappa shape index (κ2) is 3.07. The van der Waals surface area contributed by atoms with Crippen molar-refractivity contribution in [3.8, 4) is 0 Å². The molecule has 2 heterocycles. The Bertz CT molecular complexity index is 540. The highest BCUT2D eigenvalue weighted by atomic mass is 32.2. The van der Waals surface area contributed by atoms with Gasteiger partial charge in [-0.3, -0.25) is 4.98 Å². The minimum Gasteiger partial charge on any atom is -0.337 e. The maximum Gasteiger partial charge on any atom is 0.141 e. The molecular weight excluding hydrogens is 202 g/mol. The molecule has 2 aromatic heterocycles. The highest BCUT2D eigenvalue weighted by Gasteiger charge is 2.01. The first-order valence-electron chi connectivity index (χ1n) is 3.91. The molecule has 74 valence electrons. The molecule has 0 aliphatic carbocycles. The summed E-state index contributed by atoms with van der Waals surface area (Å²) in [7, 11) is -2.91. The Morgan fingerprint density at radius 2 is 2.43 bits per heavy atom. The molecule has 1 atom stereocenters. The van der Waals surface area contributed by atoms with Crippen molar-refractivity contribution in [3.05, 3.63) is 24.3 Å². The zero-order valence-corrected chi connectivity index (χ0v) is 8.28. The Kier molecular flexibility index (Phi) is 2.01. The van der Waals surface area contributed by atoms with Crippen molar-refractivity contribution in [1.29, 1.82) is 0 Å². The Morgan fingerprint density at radius 1 is 1.64 bits per heavy atom. The smallest absolute Gasteiger partial charge is 0.141 e. The molecule has 0 spiro atoms. The fraction of sp³-hybridized carbons (Fsp3) is 0.125. The van der Waals surface area contributed by atoms with E-state index in [0.29, 0.717) is 5.82 Å². The molecule has 14 heavy (non-hydrogen) atoms. The van der Waals surface area contributed by atoms with Crippen LogP contribution in [0.2, 0.25) is 0 Å². The van der Waals surface area contributed by atoms with Gasteiger partial charge in [0.25, 0.3) is 0 Å². The van der Waals surface area contributed by atoms with Crippen LogP contribution in [0.1, 0.15) is 5.82 Å². The highest BCUT2D eigenvalue weighted by Crippen LogP contribution is 2.07. The molecular formula is C8H9N3O2S. The normalized spacial score (nSPS) is 15.3. The maximum absolute atomic E-state index is 11.1. The van der Waals surface area contributed by atoms with Crippen LogP contribution in [0, 0.1) is 0 Å². The number of H-pyrrole nitrogens is 1. The van der Waals surface area contributed by atoms with Gasteiger partial charge in [0.1, 0.15) is 5.82 Å². The molecule has 0 saturated heterocycles. The summed E-state index contributed by atoms with van der Waals surface area (Å²) < 4.78 is 20.2. The molecule has 5 nitrogen and oxygen atoms in total. The van der Waals surface area contributed by atoms with Crippen LogP contribution in [0.15, 0.2) is 18.5 Å². The SMILES string of the molecule is CS(=O)(O)=Cc1nc2ccncc2[nH]1. The van der Waals surface area contributed by atoms with Gasteiger partial charge >= 0.3 is 0 Å². The van der Waals surface area contributed by atoms with Crippen LogP contribution in [0.25, 0.3) is 11.0 Å². The Balaban J connectivity index is 2.62. The molecule has 0 aromatic carbocycles. The monoisotopic (exact) mass is 211 g/mol. The number of fused-ring (bicyclic) bond motifs is 1. The number of imidazole rings is 1. The van der Waals surface area contributed by atoms with Crippen molar-refractivity contribution in [2.75, 3.05) is 6.26 Å². The minimum atomic E-state index is -2.91. The molecule has 0 saturated carbocycles. The number of nitrogens with zero attached hydrogens (tertiary/aromatic N) is 2. The molecule has 2 aromatic rings. The van der Waals surface area contributed by atoms with Gasteiger partial charge in [-0.1, -0.05) is 0 Å². The molecule has 0 radical (unpaired) electrons. The topological polar surface area (TPSA) is 78.9 Å². The summed E-state index contributed by atoms with van der Waals surface area (Å²) in [6.07, 6.45) is 4.47. The number of aromatic nitrogens is 3. The summed E-state index contributed by atoms with van der Waals surface area (Å²) in [5.41, 5.74) is 1.48. The van der Waals surface area contributed by atoms with Gasteiger partial charge in [0.2, 0.25) is 0 Å². The van der Waals surface area contributed by atoms with Crippen LogP contribution in [-0.4, -0.2) is 35.3 Å². The molecule has 0 bridgehead atoms. The van der Waals surface area contributed by atoms with E-state index in [0.717, 1.165) is 11.0 Å². The lowest BCUT2D eigenvalue weighted by Crippen LogP contribution is -2.00. The van der Waals surface area contributed by atoms with Gasteiger partial charge < -0.3 is 9.54 Å². The molecule has 0 amide bonds. The largest absolute Gasteiger partial charge is 0.337 e. The van der Waals surface area contributed by atoms with Crippen molar-refractivity contribution in [3.63, 3.8) is 0 Å². The first-order chi connectivity index (χ1) is 6.54. The lowest BCUT2D eigenvalue weighted by molar-refractivity contribution is 0.566. The third-order valence-electron chi connectivity index (χ3n) is 1.63. The number of nitrogens with one attached hydrogen (secondary N) is 1. The number of hydrogen-bond acceptors (Lipinski definition) is 3. The quantitative estimate of drug-likeness (QED) is 0.673. The molecule has 0 aliphatic rings. The van der Waals surface area contributed by atoms with Crippen molar-refractivity contribution in [1.82, 2.24) is 15.0 Å². The van der Waals surface area contributed by atoms with Gasteiger partial charge in [-0.15, -0.1) is 0 Å². The predicted octanol–water partition coefficient (Wildman–Crippen LogP) is 0.495. The average Bonchev–Trinajstić information content (AvgIpc) is 2.42. The van der Waals surface area contributed by atoms with E-state index in [1.54, 1.807) is 18.5 Å². The van der Waals surface area contributed by atoms with Crippen LogP contribution in [0.3, 0.4) is 0 Å². The van der Waals surface area contributed by atoms with Crippen molar-refractivity contribution in [2.24, 2.45) is 0 Å². The van der Waals surface area contributed by atoms with Gasteiger partial charge in [0.15, 0.2) is 0 Å². The van der Waals surface area contributed by atoms with E-state index in [4.69, 9.17) is 4.55 Å². The van der Waals surface area contributed by atoms with Crippen molar-refractivity contribution >= 4 is 26.2 Å². The molecule has 0 fully saturated rings. The summed E-state index contributed by atoms with van der Waals surface area (Å²) in [4.78, 5) is 10.9. The van der Waals surface area contributed by atoms with E-state index in [1.807, 2.05) is 0 Å². The van der Waals surface area contributed by atoms with Gasteiger partial charge in [-0.05, 0) is 6.07 Å². The fourth-order valence-electron chi connectivity index (χ4n) is 1.14. The maximum atomic E-state index is 11.1.